The number of carbonyl (C=O) groups is 14. The summed E-state index contributed by atoms with van der Waals surface area (Å²) in [6.45, 7) is 9.16. The molecule has 11 amide bonds. The Balaban J connectivity index is 2.45. The van der Waals surface area contributed by atoms with Crippen molar-refractivity contribution in [3.63, 3.8) is 0 Å². The van der Waals surface area contributed by atoms with Crippen LogP contribution in [-0.4, -0.2) is 217 Å². The molecule has 1 saturated heterocycles. The summed E-state index contributed by atoms with van der Waals surface area (Å²) in [6.07, 6.45) is -4.77. The van der Waals surface area contributed by atoms with Gasteiger partial charge in [-0.05, 0) is 108 Å². The number of aliphatic carboxylic acids is 3. The van der Waals surface area contributed by atoms with Crippen LogP contribution in [0.5, 0.6) is 5.75 Å². The minimum absolute atomic E-state index is 0.0108. The van der Waals surface area contributed by atoms with E-state index in [1.54, 1.807) is 27.7 Å². The molecular weight excluding hydrogens is 1260 g/mol. The van der Waals surface area contributed by atoms with Gasteiger partial charge in [0.25, 0.3) is 0 Å². The second kappa shape index (κ2) is 41.0. The molecule has 1 fully saturated rings. The molecular formula is C59H96N18O19. The Hall–Kier alpha value is -9.94. The number of phenolic OH excluding ortho intramolecular Hbond substituents is 1. The van der Waals surface area contributed by atoms with Gasteiger partial charge in [0.05, 0.1) is 18.6 Å². The van der Waals surface area contributed by atoms with Gasteiger partial charge >= 0.3 is 17.9 Å². The van der Waals surface area contributed by atoms with Crippen molar-refractivity contribution in [2.45, 2.75) is 204 Å². The molecule has 96 heavy (non-hydrogen) atoms. The van der Waals surface area contributed by atoms with E-state index in [-0.39, 0.29) is 101 Å². The lowest BCUT2D eigenvalue weighted by atomic mass is 10.0. The van der Waals surface area contributed by atoms with Crippen molar-refractivity contribution in [1.29, 1.82) is 0 Å². The highest BCUT2D eigenvalue weighted by Crippen LogP contribution is 2.22. The minimum Gasteiger partial charge on any atom is -0.508 e. The smallest absolute Gasteiger partial charge is 0.328 e. The number of nitrogens with one attached hydrogen (secondary N) is 9. The predicted octanol–water partition coefficient (Wildman–Crippen LogP) is -6.09. The quantitative estimate of drug-likeness (QED) is 0.0164. The topological polar surface area (TPSA) is 632 Å². The molecule has 0 saturated carbocycles. The Morgan fingerprint density at radius 3 is 1.49 bits per heavy atom. The van der Waals surface area contributed by atoms with Gasteiger partial charge in [0, 0.05) is 38.9 Å². The van der Waals surface area contributed by atoms with Crippen LogP contribution in [0.25, 0.3) is 0 Å². The number of carboxylic acids is 3. The van der Waals surface area contributed by atoms with Crippen molar-refractivity contribution in [3.05, 3.63) is 29.8 Å². The van der Waals surface area contributed by atoms with Crippen molar-refractivity contribution in [2.24, 2.45) is 56.2 Å². The number of benzene rings is 1. The third kappa shape index (κ3) is 30.4. The van der Waals surface area contributed by atoms with Crippen molar-refractivity contribution in [1.82, 2.24) is 52.8 Å². The van der Waals surface area contributed by atoms with Gasteiger partial charge in [-0.15, -0.1) is 0 Å². The number of phenols is 1. The predicted molar refractivity (Wildman–Crippen MR) is 343 cm³/mol. The molecule has 1 heterocycles. The van der Waals surface area contributed by atoms with Crippen molar-refractivity contribution >= 4 is 94.8 Å². The zero-order valence-corrected chi connectivity index (χ0v) is 54.7. The minimum atomic E-state index is -2.03. The number of nitrogens with two attached hydrogens (primary N) is 6. The van der Waals surface area contributed by atoms with Crippen LogP contribution >= 0.6 is 0 Å². The highest BCUT2D eigenvalue weighted by Gasteiger charge is 2.41. The summed E-state index contributed by atoms with van der Waals surface area (Å²) >= 11 is 0. The van der Waals surface area contributed by atoms with Crippen LogP contribution < -0.4 is 82.3 Å². The number of aromatic hydroxyl groups is 1. The van der Waals surface area contributed by atoms with Crippen molar-refractivity contribution in [2.75, 3.05) is 19.6 Å². The normalized spacial score (nSPS) is 16.1. The van der Waals surface area contributed by atoms with E-state index in [1.165, 1.54) is 24.3 Å². The number of carbonyl (C=O) groups excluding carboxylic acids is 11. The summed E-state index contributed by atoms with van der Waals surface area (Å²) in [4.78, 5) is 197. The number of aliphatic hydroxyl groups excluding tert-OH is 1. The molecule has 26 N–H and O–H groups in total. The van der Waals surface area contributed by atoms with E-state index in [1.807, 2.05) is 0 Å². The third-order valence-electron chi connectivity index (χ3n) is 14.8. The largest absolute Gasteiger partial charge is 0.508 e. The van der Waals surface area contributed by atoms with E-state index in [0.29, 0.717) is 12.0 Å². The highest BCUT2D eigenvalue weighted by atomic mass is 16.4. The lowest BCUT2D eigenvalue weighted by molar-refractivity contribution is -0.145. The number of guanidine groups is 2. The van der Waals surface area contributed by atoms with E-state index in [0.717, 1.165) is 18.7 Å². The number of rotatable bonds is 43. The van der Waals surface area contributed by atoms with Crippen LogP contribution in [0.1, 0.15) is 131 Å². The number of carboxylic acid groups (broad SMARTS) is 3. The Morgan fingerprint density at radius 1 is 0.531 bits per heavy atom. The van der Waals surface area contributed by atoms with Crippen LogP contribution in [0.2, 0.25) is 0 Å². The number of aliphatic imine (C=N–C) groups is 2. The van der Waals surface area contributed by atoms with E-state index in [4.69, 9.17) is 34.4 Å². The number of aliphatic hydroxyl groups is 1. The fraction of sp³-hybridized carbons (Fsp3) is 0.627. The first-order chi connectivity index (χ1) is 44.9. The molecule has 2 rings (SSSR count). The molecule has 0 aromatic heterocycles. The van der Waals surface area contributed by atoms with Crippen LogP contribution in [0.3, 0.4) is 0 Å². The molecule has 12 atom stereocenters. The Bertz CT molecular complexity index is 2940. The molecule has 0 unspecified atom stereocenters. The average Bonchev–Trinajstić information content (AvgIpc) is 1.59. The Labute approximate surface area is 554 Å². The molecule has 1 aromatic carbocycles. The number of hydrogen-bond acceptors (Lipinski definition) is 19. The molecule has 1 aliphatic rings. The summed E-state index contributed by atoms with van der Waals surface area (Å²) in [5, 5.41) is 70.9. The Morgan fingerprint density at radius 2 is 0.990 bits per heavy atom. The molecule has 536 valence electrons. The van der Waals surface area contributed by atoms with Gasteiger partial charge in [-0.1, -0.05) is 39.8 Å². The number of nitrogens with zero attached hydrogens (tertiary/aromatic N) is 3. The van der Waals surface area contributed by atoms with Gasteiger partial charge in [-0.25, -0.2) is 4.79 Å². The van der Waals surface area contributed by atoms with E-state index in [2.05, 4.69) is 57.8 Å². The number of primary amides is 1. The third-order valence-corrected chi connectivity index (χ3v) is 14.8. The molecule has 1 aromatic rings. The fourth-order valence-electron chi connectivity index (χ4n) is 9.83. The first-order valence-electron chi connectivity index (χ1n) is 31.2. The van der Waals surface area contributed by atoms with Gasteiger partial charge in [-0.3, -0.25) is 72.3 Å². The second-order valence-corrected chi connectivity index (χ2v) is 24.1. The molecule has 0 bridgehead atoms. The Kier molecular flexibility index (Phi) is 35.1. The van der Waals surface area contributed by atoms with E-state index >= 15 is 0 Å². The summed E-state index contributed by atoms with van der Waals surface area (Å²) in [6, 6.07) is -11.7. The molecule has 37 heteroatoms. The molecule has 0 radical (unpaired) electrons. The van der Waals surface area contributed by atoms with Crippen LogP contribution in [0.4, 0.5) is 0 Å². The number of hydrogen-bond donors (Lipinski definition) is 20. The van der Waals surface area contributed by atoms with E-state index < -0.39 is 188 Å². The summed E-state index contributed by atoms with van der Waals surface area (Å²) in [5.41, 5.74) is 33.4. The summed E-state index contributed by atoms with van der Waals surface area (Å²) in [5.74, 6) is -16.8. The first kappa shape index (κ1) is 82.2. The summed E-state index contributed by atoms with van der Waals surface area (Å²) in [7, 11) is 0. The van der Waals surface area contributed by atoms with Crippen LogP contribution in [-0.2, 0) is 73.5 Å². The SMILES string of the molecule is CC(C)C[C@H](NC(=O)[C@H](CCC(N)=O)NC(=O)[C@H](CC(=O)O)NC(=O)[C@H](C)NC(=O)[C@H](Cc1ccc(O)cc1)NC(=O)[C@@H]1CCCN1C(=O)[C@H](CCC(=O)O)NC(=O)[C@H](CC(C)C)NC(=O)[C@@H](N)CCCN=C(N)N)C(=O)N[C@@H](CCCN=C(N)N)C(=O)N[C@H](C(=O)O)[C@@H](C)O. The lowest BCUT2D eigenvalue weighted by Gasteiger charge is -2.31. The van der Waals surface area contributed by atoms with Crippen LogP contribution in [0, 0.1) is 11.8 Å². The molecule has 0 aliphatic carbocycles. The molecule has 37 nitrogen and oxygen atoms in total. The number of amides is 11. The summed E-state index contributed by atoms with van der Waals surface area (Å²) < 4.78 is 0. The number of likely N-dealkylation sites (tertiary alicyclic amines) is 1. The zero-order valence-electron chi connectivity index (χ0n) is 54.7. The highest BCUT2D eigenvalue weighted by molar-refractivity contribution is 6.00. The van der Waals surface area contributed by atoms with Crippen LogP contribution in [0.15, 0.2) is 34.3 Å². The maximum Gasteiger partial charge on any atom is 0.328 e. The van der Waals surface area contributed by atoms with Gasteiger partial charge in [0.2, 0.25) is 65.0 Å². The van der Waals surface area contributed by atoms with Gasteiger partial charge in [-0.2, -0.15) is 0 Å². The van der Waals surface area contributed by atoms with Gasteiger partial charge < -0.3 is 113 Å². The maximum atomic E-state index is 14.4. The second-order valence-electron chi connectivity index (χ2n) is 24.1. The average molecular weight is 1360 g/mol. The van der Waals surface area contributed by atoms with Gasteiger partial charge in [0.15, 0.2) is 18.0 Å². The van der Waals surface area contributed by atoms with E-state index in [9.17, 15) is 92.7 Å². The monoisotopic (exact) mass is 1360 g/mol. The van der Waals surface area contributed by atoms with Gasteiger partial charge in [0.1, 0.15) is 60.1 Å². The fourth-order valence-corrected chi connectivity index (χ4v) is 9.83. The van der Waals surface area contributed by atoms with Crippen molar-refractivity contribution < 1.29 is 92.7 Å². The maximum absolute atomic E-state index is 14.4. The standard InChI is InChI=1S/C59H96N18O19/c1-28(2)24-38(73-48(86)34(60)10-7-21-66-58(62)63)53(91)71-37(18-20-44(81)82)56(94)77-23-9-12-42(77)55(93)75-40(26-32-13-15-33(79)16-14-32)51(89)68-30(5)47(85)72-41(27-45(83)84)54(92)70-36(17-19-43(61)80)49(87)74-39(25-29(3)4)52(90)69-35(11-8-22-67-59(64)65)50(88)76-46(31(6)78)57(95)96/h13-16,28-31,34-42,46,78-79H,7-12,17-27,60H2,1-6H3,(H2,61,80)(H,68,89)(H,69,90)(H,70,92)(H,71,91)(H,72,85)(H,73,86)(H,74,87)(H,75,93)(H,76,88)(H,81,82)(H,83,84)(H,95,96)(H4,62,63,66)(H4,64,65,67)/t30-,31+,34-,35-,36-,37-,38-,39-,40-,41-,42-,46-/m0/s1. The lowest BCUT2D eigenvalue weighted by Crippen LogP contribution is -2.61. The van der Waals surface area contributed by atoms with Crippen molar-refractivity contribution in [3.8, 4) is 5.75 Å². The zero-order chi connectivity index (χ0) is 72.7. The first-order valence-corrected chi connectivity index (χ1v) is 31.2. The molecule has 0 spiro atoms. The molecule has 1 aliphatic heterocycles.